The lowest BCUT2D eigenvalue weighted by Crippen LogP contribution is -2.58. The monoisotopic (exact) mass is 760 g/mol. The third kappa shape index (κ3) is 13.6. The summed E-state index contributed by atoms with van der Waals surface area (Å²) < 4.78 is 45.5. The molecule has 1 aromatic heterocycles. The molecule has 2 aromatic rings. The van der Waals surface area contributed by atoms with E-state index in [1.807, 2.05) is 0 Å². The molecule has 52 heavy (non-hydrogen) atoms. The number of amides is 6. The van der Waals surface area contributed by atoms with Crippen LogP contribution < -0.4 is 37.9 Å². The van der Waals surface area contributed by atoms with E-state index in [2.05, 4.69) is 26.6 Å². The fourth-order valence-electron chi connectivity index (χ4n) is 4.59. The number of primary amides is 1. The molecule has 6 amide bonds. The third-order valence-corrected chi connectivity index (χ3v) is 7.60. The van der Waals surface area contributed by atoms with Crippen LogP contribution in [-0.2, 0) is 44.5 Å². The standard InChI is InChI=1S/C30H35F3N6O12S/c1-13(40)35-19(11-23(42)43)29(50)38-18(7-8-52-2)27(48)37-17(4-6-22(34)41)26(47)39-20(12-24(44)45)28(49)36-14-3-5-21-15(9-14)16(30(31,32)33)10-25(46)51-21/h3,5,9-10,17-20H,4,6-8,11-12H2,1-2H3,(H2,34,41)(H,35,40)(H,36,49)(H,37,48)(H,38,50)(H,39,47)(H,42,43)(H,44,45). The predicted molar refractivity (Wildman–Crippen MR) is 175 cm³/mol. The van der Waals surface area contributed by atoms with Gasteiger partial charge in [0.1, 0.15) is 29.8 Å². The molecule has 0 bridgehead atoms. The van der Waals surface area contributed by atoms with Crippen molar-refractivity contribution in [3.8, 4) is 0 Å². The first-order chi connectivity index (χ1) is 24.2. The van der Waals surface area contributed by atoms with Gasteiger partial charge in [0.15, 0.2) is 0 Å². The van der Waals surface area contributed by atoms with Crippen molar-refractivity contribution in [1.29, 1.82) is 0 Å². The number of anilines is 1. The zero-order chi connectivity index (χ0) is 39.3. The summed E-state index contributed by atoms with van der Waals surface area (Å²) in [7, 11) is 0. The summed E-state index contributed by atoms with van der Waals surface area (Å²) >= 11 is 1.25. The lowest BCUT2D eigenvalue weighted by Gasteiger charge is -2.26. The van der Waals surface area contributed by atoms with Crippen molar-refractivity contribution in [2.75, 3.05) is 17.3 Å². The van der Waals surface area contributed by atoms with Crippen LogP contribution in [0.1, 0.15) is 44.6 Å². The van der Waals surface area contributed by atoms with Crippen LogP contribution in [-0.4, -0.2) is 93.8 Å². The molecule has 284 valence electrons. The number of rotatable bonds is 19. The normalized spacial score (nSPS) is 13.5. The van der Waals surface area contributed by atoms with Gasteiger partial charge in [0.25, 0.3) is 0 Å². The van der Waals surface area contributed by atoms with E-state index in [1.54, 1.807) is 6.26 Å². The number of halogens is 3. The Bertz CT molecular complexity index is 1750. The first-order valence-corrected chi connectivity index (χ1v) is 16.5. The third-order valence-electron chi connectivity index (χ3n) is 6.96. The van der Waals surface area contributed by atoms with E-state index in [9.17, 15) is 61.4 Å². The van der Waals surface area contributed by atoms with Crippen LogP contribution >= 0.6 is 11.8 Å². The SMILES string of the molecule is CSCCC(NC(=O)C(CC(=O)O)NC(C)=O)C(=O)NC(CCC(N)=O)C(=O)NC(CC(=O)O)C(=O)Nc1ccc2oc(=O)cc(C(F)(F)F)c2c1. The van der Waals surface area contributed by atoms with Crippen molar-refractivity contribution in [2.24, 2.45) is 5.73 Å². The Morgan fingerprint density at radius 3 is 1.83 bits per heavy atom. The van der Waals surface area contributed by atoms with Gasteiger partial charge in [0.2, 0.25) is 35.4 Å². The molecule has 0 aliphatic carbocycles. The van der Waals surface area contributed by atoms with Crippen LogP contribution in [0.25, 0.3) is 11.0 Å². The van der Waals surface area contributed by atoms with Crippen molar-refractivity contribution in [1.82, 2.24) is 21.3 Å². The second-order valence-electron chi connectivity index (χ2n) is 11.1. The Hall–Kier alpha value is -5.67. The van der Waals surface area contributed by atoms with Crippen LogP contribution in [0.2, 0.25) is 0 Å². The highest BCUT2D eigenvalue weighted by Crippen LogP contribution is 2.34. The smallest absolute Gasteiger partial charge is 0.417 e. The minimum absolute atomic E-state index is 0.0714. The quantitative estimate of drug-likeness (QED) is 0.0853. The van der Waals surface area contributed by atoms with Crippen molar-refractivity contribution < 1.29 is 66.2 Å². The molecular weight excluding hydrogens is 725 g/mol. The summed E-state index contributed by atoms with van der Waals surface area (Å²) in [5, 5.41) is 29.0. The number of carboxylic acid groups (broad SMARTS) is 2. The van der Waals surface area contributed by atoms with Crippen LogP contribution in [0.5, 0.6) is 0 Å². The summed E-state index contributed by atoms with van der Waals surface area (Å²) in [6.45, 7) is 1.03. The minimum Gasteiger partial charge on any atom is -0.481 e. The van der Waals surface area contributed by atoms with Gasteiger partial charge in [-0.2, -0.15) is 24.9 Å². The Kier molecular flexibility index (Phi) is 15.6. The number of thioether (sulfide) groups is 1. The van der Waals surface area contributed by atoms with Gasteiger partial charge in [-0.3, -0.25) is 38.4 Å². The van der Waals surface area contributed by atoms with Crippen molar-refractivity contribution in [2.45, 2.75) is 69.4 Å². The zero-order valence-electron chi connectivity index (χ0n) is 27.5. The van der Waals surface area contributed by atoms with E-state index in [0.717, 1.165) is 25.1 Å². The van der Waals surface area contributed by atoms with Gasteiger partial charge in [-0.1, -0.05) is 0 Å². The number of hydrogen-bond acceptors (Lipinski definition) is 11. The molecule has 0 saturated carbocycles. The molecule has 0 aliphatic rings. The molecule has 22 heteroatoms. The Morgan fingerprint density at radius 2 is 1.33 bits per heavy atom. The first kappa shape index (κ1) is 42.5. The highest BCUT2D eigenvalue weighted by atomic mass is 32.2. The largest absolute Gasteiger partial charge is 0.481 e. The molecule has 2 rings (SSSR count). The van der Waals surface area contributed by atoms with Crippen molar-refractivity contribution in [3.05, 3.63) is 40.2 Å². The maximum absolute atomic E-state index is 13.6. The van der Waals surface area contributed by atoms with Gasteiger partial charge < -0.3 is 46.9 Å². The molecule has 1 aromatic carbocycles. The van der Waals surface area contributed by atoms with Crippen LogP contribution in [0.4, 0.5) is 18.9 Å². The molecule has 4 unspecified atom stereocenters. The number of nitrogens with one attached hydrogen (secondary N) is 5. The van der Waals surface area contributed by atoms with E-state index >= 15 is 0 Å². The van der Waals surface area contributed by atoms with E-state index in [4.69, 9.17) is 15.3 Å². The maximum atomic E-state index is 13.6. The van der Waals surface area contributed by atoms with Crippen molar-refractivity contribution >= 4 is 75.8 Å². The van der Waals surface area contributed by atoms with Gasteiger partial charge in [0.05, 0.1) is 18.4 Å². The Balaban J connectivity index is 2.36. The second-order valence-corrected chi connectivity index (χ2v) is 12.1. The highest BCUT2D eigenvalue weighted by Gasteiger charge is 2.35. The second kappa shape index (κ2) is 19.1. The molecule has 0 saturated heterocycles. The summed E-state index contributed by atoms with van der Waals surface area (Å²) in [5.41, 5.74) is 1.75. The molecule has 9 N–H and O–H groups in total. The van der Waals surface area contributed by atoms with Gasteiger partial charge in [-0.25, -0.2) is 4.79 Å². The van der Waals surface area contributed by atoms with Crippen LogP contribution in [0, 0.1) is 0 Å². The van der Waals surface area contributed by atoms with E-state index in [1.165, 1.54) is 11.8 Å². The summed E-state index contributed by atoms with van der Waals surface area (Å²) in [6.07, 6.45) is -6.29. The number of aliphatic carboxylic acids is 2. The zero-order valence-corrected chi connectivity index (χ0v) is 28.3. The van der Waals surface area contributed by atoms with Gasteiger partial charge in [-0.05, 0) is 43.0 Å². The molecule has 0 fully saturated rings. The molecule has 4 atom stereocenters. The molecule has 0 radical (unpaired) electrons. The average Bonchev–Trinajstić information content (AvgIpc) is 3.02. The van der Waals surface area contributed by atoms with Gasteiger partial charge in [0, 0.05) is 30.5 Å². The number of hydrogen-bond donors (Lipinski definition) is 8. The Morgan fingerprint density at radius 1 is 0.808 bits per heavy atom. The van der Waals surface area contributed by atoms with Crippen LogP contribution in [0.3, 0.4) is 0 Å². The van der Waals surface area contributed by atoms with E-state index in [-0.39, 0.29) is 23.9 Å². The van der Waals surface area contributed by atoms with Gasteiger partial charge in [-0.15, -0.1) is 0 Å². The van der Waals surface area contributed by atoms with Crippen LogP contribution in [0.15, 0.2) is 33.5 Å². The lowest BCUT2D eigenvalue weighted by molar-refractivity contribution is -0.141. The number of carbonyl (C=O) groups is 8. The number of nitrogens with two attached hydrogens (primary N) is 1. The van der Waals surface area contributed by atoms with Gasteiger partial charge >= 0.3 is 23.7 Å². The highest BCUT2D eigenvalue weighted by molar-refractivity contribution is 7.98. The summed E-state index contributed by atoms with van der Waals surface area (Å²) in [5.74, 6) is -8.95. The number of alkyl halides is 3. The number of benzene rings is 1. The molecule has 0 aliphatic heterocycles. The average molecular weight is 761 g/mol. The van der Waals surface area contributed by atoms with E-state index < -0.39 is 126 Å². The number of carbonyl (C=O) groups excluding carboxylic acids is 6. The lowest BCUT2D eigenvalue weighted by atomic mass is 10.1. The molecule has 18 nitrogen and oxygen atoms in total. The number of carboxylic acids is 2. The fourth-order valence-corrected chi connectivity index (χ4v) is 5.07. The summed E-state index contributed by atoms with van der Waals surface area (Å²) in [6, 6.07) is -3.58. The van der Waals surface area contributed by atoms with E-state index in [0.29, 0.717) is 0 Å². The molecule has 1 heterocycles. The minimum atomic E-state index is -5.00. The number of fused-ring (bicyclic) bond motifs is 1. The Labute approximate surface area is 295 Å². The van der Waals surface area contributed by atoms with Crippen molar-refractivity contribution in [3.63, 3.8) is 0 Å². The first-order valence-electron chi connectivity index (χ1n) is 15.1. The topological polar surface area (TPSA) is 293 Å². The predicted octanol–water partition coefficient (Wildman–Crippen LogP) is -0.323. The maximum Gasteiger partial charge on any atom is 0.417 e. The molecule has 0 spiro atoms. The fraction of sp³-hybridized carbons (Fsp3) is 0.433. The molecular formula is C30H35F3N6O12S. The summed E-state index contributed by atoms with van der Waals surface area (Å²) in [4.78, 5) is 110.